The van der Waals surface area contributed by atoms with Crippen LogP contribution >= 0.6 is 0 Å². The van der Waals surface area contributed by atoms with Gasteiger partial charge in [-0.15, -0.1) is 0 Å². The molecule has 0 fully saturated rings. The van der Waals surface area contributed by atoms with Gasteiger partial charge in [0.05, 0.1) is 15.4 Å². The summed E-state index contributed by atoms with van der Waals surface area (Å²) in [4.78, 5) is 20.0. The molecule has 0 spiro atoms. The Labute approximate surface area is 145 Å². The Kier molecular flexibility index (Phi) is 5.44. The molecule has 2 rings (SSSR count). The zero-order valence-corrected chi connectivity index (χ0v) is 13.4. The first-order valence-electron chi connectivity index (χ1n) is 7.44. The van der Waals surface area contributed by atoms with Gasteiger partial charge < -0.3 is 4.74 Å². The molecule has 10 heteroatoms. The summed E-state index contributed by atoms with van der Waals surface area (Å²) in [7, 11) is 0. The van der Waals surface area contributed by atoms with Gasteiger partial charge in [-0.3, -0.25) is 20.2 Å². The van der Waals surface area contributed by atoms with Gasteiger partial charge in [-0.1, -0.05) is 25.5 Å². The van der Waals surface area contributed by atoms with E-state index in [9.17, 15) is 33.4 Å². The molecule has 138 valence electrons. The summed E-state index contributed by atoms with van der Waals surface area (Å²) in [5, 5.41) is 22.3. The van der Waals surface area contributed by atoms with E-state index in [1.54, 1.807) is 12.1 Å². The van der Waals surface area contributed by atoms with Crippen LogP contribution in [-0.4, -0.2) is 9.85 Å². The average molecular weight is 370 g/mol. The van der Waals surface area contributed by atoms with E-state index in [0.717, 1.165) is 18.4 Å². The van der Waals surface area contributed by atoms with Crippen molar-refractivity contribution in [2.45, 2.75) is 25.9 Å². The molecule has 0 heterocycles. The molecule has 0 aliphatic heterocycles. The van der Waals surface area contributed by atoms with Gasteiger partial charge in [-0.2, -0.15) is 13.2 Å². The van der Waals surface area contributed by atoms with Crippen LogP contribution in [0.2, 0.25) is 0 Å². The highest BCUT2D eigenvalue weighted by atomic mass is 19.4. The molecule has 0 saturated carbocycles. The highest BCUT2D eigenvalue weighted by Gasteiger charge is 2.38. The van der Waals surface area contributed by atoms with E-state index in [1.165, 1.54) is 12.1 Å². The molecule has 0 aliphatic rings. The third kappa shape index (κ3) is 4.26. The second-order valence-corrected chi connectivity index (χ2v) is 5.35. The van der Waals surface area contributed by atoms with Gasteiger partial charge in [0.1, 0.15) is 5.75 Å². The van der Waals surface area contributed by atoms with Crippen LogP contribution in [0, 0.1) is 20.2 Å². The quantitative estimate of drug-likeness (QED) is 0.510. The molecule has 0 aromatic heterocycles. The van der Waals surface area contributed by atoms with E-state index < -0.39 is 38.7 Å². The molecule has 2 aromatic carbocycles. The van der Waals surface area contributed by atoms with Gasteiger partial charge in [-0.25, -0.2) is 0 Å². The van der Waals surface area contributed by atoms with Crippen molar-refractivity contribution >= 4 is 11.4 Å². The predicted molar refractivity (Wildman–Crippen MR) is 85.3 cm³/mol. The fourth-order valence-electron chi connectivity index (χ4n) is 2.27. The van der Waals surface area contributed by atoms with Crippen molar-refractivity contribution in [3.05, 3.63) is 67.8 Å². The van der Waals surface area contributed by atoms with Gasteiger partial charge in [0.2, 0.25) is 0 Å². The smallest absolute Gasteiger partial charge is 0.416 e. The number of nitro benzene ring substituents is 2. The van der Waals surface area contributed by atoms with Crippen molar-refractivity contribution < 1.29 is 27.8 Å². The minimum absolute atomic E-state index is 0.0378. The number of benzene rings is 2. The van der Waals surface area contributed by atoms with Crippen molar-refractivity contribution in [2.75, 3.05) is 0 Å². The number of aryl methyl sites for hydroxylation is 1. The Morgan fingerprint density at radius 2 is 1.50 bits per heavy atom. The summed E-state index contributed by atoms with van der Waals surface area (Å²) in [6.07, 6.45) is -3.31. The highest BCUT2D eigenvalue weighted by molar-refractivity contribution is 5.63. The lowest BCUT2D eigenvalue weighted by atomic mass is 10.1. The van der Waals surface area contributed by atoms with Gasteiger partial charge >= 0.3 is 17.6 Å². The Balaban J connectivity index is 2.55. The standard InChI is InChI=1S/C16H13F3N2O5/c1-2-3-10-4-6-12(7-5-10)26-15-13(20(22)23)8-11(16(17,18)19)9-14(15)21(24)25/h4-9H,2-3H2,1H3. The summed E-state index contributed by atoms with van der Waals surface area (Å²) in [5.41, 5.74) is -2.81. The summed E-state index contributed by atoms with van der Waals surface area (Å²) in [6, 6.07) is 6.65. The molecule has 7 nitrogen and oxygen atoms in total. The molecule has 0 saturated heterocycles. The summed E-state index contributed by atoms with van der Waals surface area (Å²) in [6.45, 7) is 1.97. The monoisotopic (exact) mass is 370 g/mol. The number of hydrogen-bond donors (Lipinski definition) is 0. The zero-order valence-electron chi connectivity index (χ0n) is 13.4. The third-order valence-corrected chi connectivity index (χ3v) is 3.45. The number of nitro groups is 2. The Hall–Kier alpha value is -3.17. The summed E-state index contributed by atoms with van der Waals surface area (Å²) in [5.74, 6) is -0.813. The fourth-order valence-corrected chi connectivity index (χ4v) is 2.27. The van der Waals surface area contributed by atoms with Gasteiger partial charge in [-0.05, 0) is 24.1 Å². The van der Waals surface area contributed by atoms with Crippen LogP contribution in [0.5, 0.6) is 11.5 Å². The lowest BCUT2D eigenvalue weighted by Crippen LogP contribution is -2.08. The molecule has 0 bridgehead atoms. The fraction of sp³-hybridized carbons (Fsp3) is 0.250. The molecule has 0 unspecified atom stereocenters. The Morgan fingerprint density at radius 1 is 1.00 bits per heavy atom. The van der Waals surface area contributed by atoms with Crippen LogP contribution in [0.15, 0.2) is 36.4 Å². The number of ether oxygens (including phenoxy) is 1. The first kappa shape index (κ1) is 19.2. The van der Waals surface area contributed by atoms with Crippen molar-refractivity contribution in [3.8, 4) is 11.5 Å². The first-order valence-corrected chi connectivity index (χ1v) is 7.44. The Bertz CT molecular complexity index is 800. The lowest BCUT2D eigenvalue weighted by Gasteiger charge is -2.11. The van der Waals surface area contributed by atoms with Gasteiger partial charge in [0, 0.05) is 12.1 Å². The van der Waals surface area contributed by atoms with E-state index in [4.69, 9.17) is 4.74 Å². The second-order valence-electron chi connectivity index (χ2n) is 5.35. The molecule has 0 amide bonds. The second kappa shape index (κ2) is 7.38. The topological polar surface area (TPSA) is 95.5 Å². The van der Waals surface area contributed by atoms with Crippen LogP contribution in [0.25, 0.3) is 0 Å². The molecule has 26 heavy (non-hydrogen) atoms. The minimum Gasteiger partial charge on any atom is -0.444 e. The third-order valence-electron chi connectivity index (χ3n) is 3.45. The Morgan fingerprint density at radius 3 is 1.88 bits per heavy atom. The number of alkyl halides is 3. The normalized spacial score (nSPS) is 11.2. The maximum absolute atomic E-state index is 12.9. The van der Waals surface area contributed by atoms with Crippen LogP contribution in [0.3, 0.4) is 0 Å². The predicted octanol–water partition coefficient (Wildman–Crippen LogP) is 5.27. The minimum atomic E-state index is -4.98. The van der Waals surface area contributed by atoms with E-state index in [2.05, 4.69) is 0 Å². The van der Waals surface area contributed by atoms with Crippen molar-refractivity contribution in [1.82, 2.24) is 0 Å². The van der Waals surface area contributed by atoms with Gasteiger partial charge in [0.25, 0.3) is 5.75 Å². The van der Waals surface area contributed by atoms with E-state index in [1.807, 2.05) is 6.92 Å². The van der Waals surface area contributed by atoms with E-state index in [-0.39, 0.29) is 17.9 Å². The molecule has 0 aliphatic carbocycles. The maximum Gasteiger partial charge on any atom is 0.416 e. The van der Waals surface area contributed by atoms with Crippen molar-refractivity contribution in [2.24, 2.45) is 0 Å². The largest absolute Gasteiger partial charge is 0.444 e. The zero-order chi connectivity index (χ0) is 19.5. The molecule has 0 radical (unpaired) electrons. The summed E-state index contributed by atoms with van der Waals surface area (Å²) >= 11 is 0. The molecular weight excluding hydrogens is 357 g/mol. The molecular formula is C16H13F3N2O5. The summed E-state index contributed by atoms with van der Waals surface area (Å²) < 4.78 is 43.8. The highest BCUT2D eigenvalue weighted by Crippen LogP contribution is 2.44. The number of halogens is 3. The average Bonchev–Trinajstić information content (AvgIpc) is 2.55. The van der Waals surface area contributed by atoms with Crippen LogP contribution in [-0.2, 0) is 12.6 Å². The van der Waals surface area contributed by atoms with E-state index in [0.29, 0.717) is 0 Å². The van der Waals surface area contributed by atoms with E-state index >= 15 is 0 Å². The first-order chi connectivity index (χ1) is 12.1. The van der Waals surface area contributed by atoms with Crippen LogP contribution < -0.4 is 4.74 Å². The van der Waals surface area contributed by atoms with Gasteiger partial charge in [0.15, 0.2) is 0 Å². The van der Waals surface area contributed by atoms with Crippen LogP contribution in [0.4, 0.5) is 24.5 Å². The lowest BCUT2D eigenvalue weighted by molar-refractivity contribution is -0.396. The van der Waals surface area contributed by atoms with Crippen molar-refractivity contribution in [3.63, 3.8) is 0 Å². The SMILES string of the molecule is CCCc1ccc(Oc2c([N+](=O)[O-])cc(C(F)(F)F)cc2[N+](=O)[O-])cc1. The van der Waals surface area contributed by atoms with Crippen LogP contribution in [0.1, 0.15) is 24.5 Å². The number of nitrogens with zero attached hydrogens (tertiary/aromatic N) is 2. The molecule has 0 atom stereocenters. The molecule has 2 aromatic rings. The maximum atomic E-state index is 12.9. The number of rotatable bonds is 6. The van der Waals surface area contributed by atoms with Crippen molar-refractivity contribution in [1.29, 1.82) is 0 Å². The number of hydrogen-bond acceptors (Lipinski definition) is 5. The molecule has 0 N–H and O–H groups in total.